The molecule has 0 aromatic carbocycles. The predicted octanol–water partition coefficient (Wildman–Crippen LogP) is 0.940. The Hall–Kier alpha value is -0.650. The van der Waals surface area contributed by atoms with Gasteiger partial charge in [0.05, 0.1) is 6.10 Å². The maximum atomic E-state index is 11.5. The molecule has 18 heavy (non-hydrogen) atoms. The van der Waals surface area contributed by atoms with Crippen molar-refractivity contribution in [2.45, 2.75) is 45.3 Å². The highest BCUT2D eigenvalue weighted by molar-refractivity contribution is 5.79. The molecule has 0 aromatic heterocycles. The molecule has 5 heteroatoms. The Morgan fingerprint density at radius 1 is 1.50 bits per heavy atom. The van der Waals surface area contributed by atoms with Crippen LogP contribution in [0.3, 0.4) is 0 Å². The summed E-state index contributed by atoms with van der Waals surface area (Å²) < 4.78 is 5.44. The van der Waals surface area contributed by atoms with Gasteiger partial charge in [-0.1, -0.05) is 13.8 Å². The van der Waals surface area contributed by atoms with Crippen molar-refractivity contribution in [3.63, 3.8) is 0 Å². The summed E-state index contributed by atoms with van der Waals surface area (Å²) in [5.41, 5.74) is -0.801. The van der Waals surface area contributed by atoms with E-state index in [1.54, 1.807) is 0 Å². The van der Waals surface area contributed by atoms with E-state index >= 15 is 0 Å². The highest BCUT2D eigenvalue weighted by Crippen LogP contribution is 2.25. The van der Waals surface area contributed by atoms with Gasteiger partial charge in [-0.05, 0) is 26.4 Å². The first kappa shape index (κ1) is 15.4. The molecule has 0 saturated carbocycles. The summed E-state index contributed by atoms with van der Waals surface area (Å²) in [6.45, 7) is 10.3. The smallest absolute Gasteiger partial charge is 0.324 e. The number of hydrogen-bond donors (Lipinski definition) is 2. The van der Waals surface area contributed by atoms with E-state index in [0.717, 1.165) is 19.6 Å². The van der Waals surface area contributed by atoms with Crippen molar-refractivity contribution in [1.29, 1.82) is 0 Å². The molecule has 2 atom stereocenters. The van der Waals surface area contributed by atoms with Crippen LogP contribution in [0.5, 0.6) is 0 Å². The summed E-state index contributed by atoms with van der Waals surface area (Å²) in [7, 11) is 0. The molecule has 106 valence electrons. The van der Waals surface area contributed by atoms with Gasteiger partial charge in [0, 0.05) is 26.1 Å². The lowest BCUT2D eigenvalue weighted by Gasteiger charge is -2.37. The number of nitrogens with zero attached hydrogens (tertiary/aromatic N) is 1. The van der Waals surface area contributed by atoms with E-state index in [4.69, 9.17) is 4.74 Å². The summed E-state index contributed by atoms with van der Waals surface area (Å²) in [6, 6.07) is 0. The molecule has 0 radical (unpaired) electrons. The van der Waals surface area contributed by atoms with Crippen LogP contribution in [-0.4, -0.2) is 60.4 Å². The lowest BCUT2D eigenvalue weighted by atomic mass is 9.87. The second kappa shape index (κ2) is 7.07. The zero-order chi connectivity index (χ0) is 13.6. The number of aliphatic carboxylic acids is 1. The van der Waals surface area contributed by atoms with Crippen molar-refractivity contribution in [2.75, 3.05) is 32.8 Å². The summed E-state index contributed by atoms with van der Waals surface area (Å²) >= 11 is 0. The van der Waals surface area contributed by atoms with Crippen LogP contribution in [0.25, 0.3) is 0 Å². The number of carboxylic acids is 1. The molecule has 5 nitrogen and oxygen atoms in total. The molecule has 1 fully saturated rings. The predicted molar refractivity (Wildman–Crippen MR) is 70.8 cm³/mol. The molecular formula is C13H26N2O3. The molecule has 1 heterocycles. The van der Waals surface area contributed by atoms with Crippen molar-refractivity contribution in [1.82, 2.24) is 10.2 Å². The second-order valence-corrected chi connectivity index (χ2v) is 4.98. The maximum Gasteiger partial charge on any atom is 0.324 e. The van der Waals surface area contributed by atoms with Crippen molar-refractivity contribution >= 4 is 5.97 Å². The molecule has 0 aromatic rings. The van der Waals surface area contributed by atoms with Gasteiger partial charge in [-0.25, -0.2) is 0 Å². The largest absolute Gasteiger partial charge is 0.480 e. The molecule has 1 aliphatic rings. The number of ether oxygens (including phenoxy) is 1. The van der Waals surface area contributed by atoms with Crippen LogP contribution >= 0.6 is 0 Å². The first-order valence-corrected chi connectivity index (χ1v) is 6.86. The van der Waals surface area contributed by atoms with E-state index in [1.807, 2.05) is 6.92 Å². The summed E-state index contributed by atoms with van der Waals surface area (Å²) in [5.74, 6) is -0.753. The van der Waals surface area contributed by atoms with Gasteiger partial charge in [-0.15, -0.1) is 0 Å². The van der Waals surface area contributed by atoms with Crippen molar-refractivity contribution in [3.8, 4) is 0 Å². The van der Waals surface area contributed by atoms with Crippen LogP contribution < -0.4 is 5.32 Å². The van der Waals surface area contributed by atoms with Gasteiger partial charge < -0.3 is 20.1 Å². The Bertz CT molecular complexity index is 269. The minimum atomic E-state index is -0.801. The molecule has 0 amide bonds. The normalized spacial score (nSPS) is 28.6. The Kier molecular flexibility index (Phi) is 6.05. The average Bonchev–Trinajstić information content (AvgIpc) is 2.34. The fraction of sp³-hybridized carbons (Fsp3) is 0.923. The molecule has 1 saturated heterocycles. The summed E-state index contributed by atoms with van der Waals surface area (Å²) in [4.78, 5) is 13.8. The minimum absolute atomic E-state index is 0.0100. The fourth-order valence-electron chi connectivity index (χ4n) is 2.51. The Labute approximate surface area is 109 Å². The second-order valence-electron chi connectivity index (χ2n) is 4.98. The zero-order valence-electron chi connectivity index (χ0n) is 11.7. The Morgan fingerprint density at radius 3 is 2.67 bits per heavy atom. The lowest BCUT2D eigenvalue weighted by molar-refractivity contribution is -0.151. The van der Waals surface area contributed by atoms with Crippen LogP contribution in [0.1, 0.15) is 33.6 Å². The molecule has 1 aliphatic heterocycles. The van der Waals surface area contributed by atoms with Crippen LogP contribution in [-0.2, 0) is 9.53 Å². The molecule has 1 rings (SSSR count). The highest BCUT2D eigenvalue weighted by atomic mass is 16.5. The van der Waals surface area contributed by atoms with Crippen LogP contribution in [0.15, 0.2) is 0 Å². The fourth-order valence-corrected chi connectivity index (χ4v) is 2.51. The van der Waals surface area contributed by atoms with Crippen molar-refractivity contribution in [2.24, 2.45) is 0 Å². The average molecular weight is 258 g/mol. The Morgan fingerprint density at radius 2 is 2.17 bits per heavy atom. The number of rotatable bonds is 7. The number of hydrogen-bond acceptors (Lipinski definition) is 4. The number of likely N-dealkylation sites (N-methyl/N-ethyl adjacent to an activating group) is 1. The quantitative estimate of drug-likeness (QED) is 0.711. The number of nitrogens with one attached hydrogen (secondary N) is 1. The molecular weight excluding hydrogens is 232 g/mol. The van der Waals surface area contributed by atoms with Gasteiger partial charge in [0.25, 0.3) is 0 Å². The van der Waals surface area contributed by atoms with E-state index in [9.17, 15) is 9.90 Å². The lowest BCUT2D eigenvalue weighted by Crippen LogP contribution is -2.58. The highest BCUT2D eigenvalue weighted by Gasteiger charge is 2.41. The molecule has 0 bridgehead atoms. The summed E-state index contributed by atoms with van der Waals surface area (Å²) in [6.07, 6.45) is 1.10. The van der Waals surface area contributed by atoms with Gasteiger partial charge in [-0.2, -0.15) is 0 Å². The van der Waals surface area contributed by atoms with Gasteiger partial charge in [-0.3, -0.25) is 4.79 Å². The van der Waals surface area contributed by atoms with E-state index in [0.29, 0.717) is 26.0 Å². The van der Waals surface area contributed by atoms with Gasteiger partial charge in [0.1, 0.15) is 5.54 Å². The van der Waals surface area contributed by atoms with Crippen molar-refractivity contribution < 1.29 is 14.6 Å². The minimum Gasteiger partial charge on any atom is -0.480 e. The SMILES string of the molecule is CCN(CC)CCNC1(C(=O)O)CCOC(C)C1. The topological polar surface area (TPSA) is 61.8 Å². The van der Waals surface area contributed by atoms with E-state index in [1.165, 1.54) is 0 Å². The van der Waals surface area contributed by atoms with E-state index < -0.39 is 11.5 Å². The standard InChI is InChI=1S/C13H26N2O3/c1-4-15(5-2)8-7-14-13(12(16)17)6-9-18-11(3)10-13/h11,14H,4-10H2,1-3H3,(H,16,17). The van der Waals surface area contributed by atoms with Crippen molar-refractivity contribution in [3.05, 3.63) is 0 Å². The van der Waals surface area contributed by atoms with Crippen LogP contribution in [0.4, 0.5) is 0 Å². The maximum absolute atomic E-state index is 11.5. The molecule has 2 N–H and O–H groups in total. The molecule has 0 spiro atoms. The third kappa shape index (κ3) is 3.93. The van der Waals surface area contributed by atoms with E-state index in [-0.39, 0.29) is 6.10 Å². The molecule has 0 aliphatic carbocycles. The van der Waals surface area contributed by atoms with Gasteiger partial charge in [0.2, 0.25) is 0 Å². The summed E-state index contributed by atoms with van der Waals surface area (Å²) in [5, 5.41) is 12.7. The molecule has 2 unspecified atom stereocenters. The van der Waals surface area contributed by atoms with Crippen LogP contribution in [0.2, 0.25) is 0 Å². The monoisotopic (exact) mass is 258 g/mol. The van der Waals surface area contributed by atoms with E-state index in [2.05, 4.69) is 24.1 Å². The number of carbonyl (C=O) groups is 1. The third-order valence-electron chi connectivity index (χ3n) is 3.76. The van der Waals surface area contributed by atoms with Gasteiger partial charge >= 0.3 is 5.97 Å². The van der Waals surface area contributed by atoms with Gasteiger partial charge in [0.15, 0.2) is 0 Å². The first-order valence-electron chi connectivity index (χ1n) is 6.86. The zero-order valence-corrected chi connectivity index (χ0v) is 11.7. The third-order valence-corrected chi connectivity index (χ3v) is 3.76. The first-order chi connectivity index (χ1) is 8.54. The van der Waals surface area contributed by atoms with Crippen LogP contribution in [0, 0.1) is 0 Å². The number of carboxylic acid groups (broad SMARTS) is 1. The Balaban J connectivity index is 2.50.